The lowest BCUT2D eigenvalue weighted by Crippen LogP contribution is -2.31. The van der Waals surface area contributed by atoms with Gasteiger partial charge in [-0.05, 0) is 67.3 Å². The van der Waals surface area contributed by atoms with Crippen LogP contribution in [0.3, 0.4) is 0 Å². The third kappa shape index (κ3) is 4.33. The molecule has 0 fully saturated rings. The summed E-state index contributed by atoms with van der Waals surface area (Å²) in [6.45, 7) is 4.94. The minimum Gasteiger partial charge on any atom is -0.507 e. The Balaban J connectivity index is 1.61. The molecule has 1 atom stereocenters. The molecule has 7 nitrogen and oxygen atoms in total. The van der Waals surface area contributed by atoms with Gasteiger partial charge in [0, 0.05) is 31.4 Å². The van der Waals surface area contributed by atoms with E-state index in [-0.39, 0.29) is 11.7 Å². The Morgan fingerprint density at radius 3 is 2.56 bits per heavy atom. The quantitative estimate of drug-likeness (QED) is 0.311. The lowest BCUT2D eigenvalue weighted by molar-refractivity contribution is 0.0723. The minimum atomic E-state index is -0.391. The summed E-state index contributed by atoms with van der Waals surface area (Å²) in [4.78, 5) is 15.4. The number of phenolic OH excluding ortho intramolecular Hbond substituents is 1. The van der Waals surface area contributed by atoms with Crippen LogP contribution >= 0.6 is 0 Å². The summed E-state index contributed by atoms with van der Waals surface area (Å²) in [5, 5.41) is 18.3. The molecule has 1 unspecified atom stereocenters. The normalized spacial score (nSPS) is 14.8. The van der Waals surface area contributed by atoms with Crippen LogP contribution in [-0.4, -0.2) is 46.4 Å². The lowest BCUT2D eigenvalue weighted by Gasteiger charge is -2.27. The molecule has 2 N–H and O–H groups in total. The molecule has 1 aliphatic rings. The molecule has 7 heteroatoms. The molecule has 36 heavy (non-hydrogen) atoms. The van der Waals surface area contributed by atoms with Gasteiger partial charge in [-0.3, -0.25) is 9.89 Å². The van der Waals surface area contributed by atoms with Gasteiger partial charge in [0.2, 0.25) is 0 Å². The van der Waals surface area contributed by atoms with Crippen molar-refractivity contribution < 1.29 is 19.4 Å². The molecule has 1 aliphatic heterocycles. The largest absolute Gasteiger partial charge is 0.507 e. The van der Waals surface area contributed by atoms with Crippen LogP contribution in [0.5, 0.6) is 17.2 Å². The number of ether oxygens (including phenoxy) is 2. The Hall–Kier alpha value is -4.10. The number of carbonyl (C=O) groups excluding carboxylic acids is 1. The van der Waals surface area contributed by atoms with Crippen LogP contribution in [0.15, 0.2) is 66.7 Å². The van der Waals surface area contributed by atoms with Crippen LogP contribution in [0.2, 0.25) is 0 Å². The lowest BCUT2D eigenvalue weighted by atomic mass is 9.93. The van der Waals surface area contributed by atoms with Crippen molar-refractivity contribution >= 4 is 5.91 Å². The van der Waals surface area contributed by atoms with Gasteiger partial charge in [-0.2, -0.15) is 5.10 Å². The molecule has 0 radical (unpaired) electrons. The van der Waals surface area contributed by atoms with Gasteiger partial charge in [-0.25, -0.2) is 0 Å². The predicted octanol–water partition coefficient (Wildman–Crippen LogP) is 5.77. The number of hydrogen-bond donors (Lipinski definition) is 2. The van der Waals surface area contributed by atoms with E-state index < -0.39 is 6.04 Å². The van der Waals surface area contributed by atoms with Crippen LogP contribution in [0.25, 0.3) is 11.3 Å². The van der Waals surface area contributed by atoms with Crippen LogP contribution in [-0.2, 0) is 4.74 Å². The second-order valence-corrected chi connectivity index (χ2v) is 9.07. The van der Waals surface area contributed by atoms with Crippen LogP contribution in [0, 0.1) is 13.8 Å². The van der Waals surface area contributed by atoms with Gasteiger partial charge in [0.15, 0.2) is 0 Å². The topological polar surface area (TPSA) is 87.7 Å². The van der Waals surface area contributed by atoms with Crippen molar-refractivity contribution in [3.63, 3.8) is 0 Å². The molecule has 1 amide bonds. The standard InChI is InChI=1S/C29H29N3O4/c1-18-15-19(2)24(23(33)16-18)26-25-27(31-30-26)29(34)32(13-8-14-35-3)28(25)20-9-7-12-22(17-20)36-21-10-5-4-6-11-21/h4-7,9-12,15-17,28,33H,8,13-14H2,1-3H3,(H,30,31). The molecule has 1 aromatic heterocycles. The first kappa shape index (κ1) is 23.6. The molecule has 2 heterocycles. The highest BCUT2D eigenvalue weighted by atomic mass is 16.5. The van der Waals surface area contributed by atoms with E-state index in [0.29, 0.717) is 42.3 Å². The maximum absolute atomic E-state index is 13.5. The van der Waals surface area contributed by atoms with Crippen molar-refractivity contribution in [2.24, 2.45) is 0 Å². The Kier molecular flexibility index (Phi) is 6.48. The summed E-state index contributed by atoms with van der Waals surface area (Å²) in [5.74, 6) is 1.44. The predicted molar refractivity (Wildman–Crippen MR) is 137 cm³/mol. The van der Waals surface area contributed by atoms with E-state index in [2.05, 4.69) is 10.2 Å². The number of para-hydroxylation sites is 1. The fraction of sp³-hybridized carbons (Fsp3) is 0.241. The van der Waals surface area contributed by atoms with E-state index in [4.69, 9.17) is 9.47 Å². The van der Waals surface area contributed by atoms with E-state index in [1.165, 1.54) is 0 Å². The summed E-state index contributed by atoms with van der Waals surface area (Å²) >= 11 is 0. The zero-order valence-electron chi connectivity index (χ0n) is 20.6. The number of aromatic hydroxyl groups is 1. The van der Waals surface area contributed by atoms with Gasteiger partial charge in [-0.15, -0.1) is 0 Å². The Labute approximate surface area is 210 Å². The average molecular weight is 484 g/mol. The van der Waals surface area contributed by atoms with Gasteiger partial charge in [0.1, 0.15) is 28.6 Å². The fourth-order valence-electron chi connectivity index (χ4n) is 4.97. The summed E-state index contributed by atoms with van der Waals surface area (Å²) in [7, 11) is 1.65. The zero-order valence-corrected chi connectivity index (χ0v) is 20.6. The molecule has 3 aromatic carbocycles. The van der Waals surface area contributed by atoms with Gasteiger partial charge < -0.3 is 19.5 Å². The smallest absolute Gasteiger partial charge is 0.273 e. The van der Waals surface area contributed by atoms with E-state index in [9.17, 15) is 9.90 Å². The van der Waals surface area contributed by atoms with E-state index in [0.717, 1.165) is 28.0 Å². The number of methoxy groups -OCH3 is 1. The first-order chi connectivity index (χ1) is 17.5. The number of H-pyrrole nitrogens is 1. The van der Waals surface area contributed by atoms with Crippen molar-refractivity contribution in [2.45, 2.75) is 26.3 Å². The van der Waals surface area contributed by atoms with Crippen molar-refractivity contribution in [3.8, 4) is 28.5 Å². The molecule has 4 aromatic rings. The highest BCUT2D eigenvalue weighted by Gasteiger charge is 2.42. The Morgan fingerprint density at radius 1 is 1.03 bits per heavy atom. The number of aromatic amines is 1. The maximum Gasteiger partial charge on any atom is 0.273 e. The number of benzene rings is 3. The van der Waals surface area contributed by atoms with Gasteiger partial charge in [0.25, 0.3) is 5.91 Å². The third-order valence-corrected chi connectivity index (χ3v) is 6.46. The molecule has 0 saturated heterocycles. The van der Waals surface area contributed by atoms with E-state index in [1.54, 1.807) is 13.2 Å². The highest BCUT2D eigenvalue weighted by Crippen LogP contribution is 2.46. The van der Waals surface area contributed by atoms with E-state index in [1.807, 2.05) is 79.4 Å². The van der Waals surface area contributed by atoms with Crippen molar-refractivity contribution in [1.82, 2.24) is 15.1 Å². The fourth-order valence-corrected chi connectivity index (χ4v) is 4.97. The van der Waals surface area contributed by atoms with Crippen LogP contribution < -0.4 is 4.74 Å². The monoisotopic (exact) mass is 483 g/mol. The molecule has 5 rings (SSSR count). The van der Waals surface area contributed by atoms with Crippen LogP contribution in [0.1, 0.15) is 45.2 Å². The number of nitrogens with zero attached hydrogens (tertiary/aromatic N) is 2. The van der Waals surface area contributed by atoms with Crippen LogP contribution in [0.4, 0.5) is 0 Å². The number of hydrogen-bond acceptors (Lipinski definition) is 5. The molecular formula is C29H29N3O4. The molecular weight excluding hydrogens is 454 g/mol. The Bertz CT molecular complexity index is 1370. The number of amides is 1. The molecule has 184 valence electrons. The SMILES string of the molecule is COCCCN1C(=O)c2[nH]nc(-c3c(C)cc(C)cc3O)c2C1c1cccc(Oc2ccccc2)c1. The third-order valence-electron chi connectivity index (χ3n) is 6.46. The number of aromatic nitrogens is 2. The minimum absolute atomic E-state index is 0.122. The number of fused-ring (bicyclic) bond motifs is 1. The number of rotatable bonds is 8. The molecule has 0 spiro atoms. The maximum atomic E-state index is 13.5. The van der Waals surface area contributed by atoms with Crippen molar-refractivity contribution in [2.75, 3.05) is 20.3 Å². The first-order valence-electron chi connectivity index (χ1n) is 12.0. The van der Waals surface area contributed by atoms with Gasteiger partial charge >= 0.3 is 0 Å². The second-order valence-electron chi connectivity index (χ2n) is 9.07. The van der Waals surface area contributed by atoms with Crippen molar-refractivity contribution in [1.29, 1.82) is 0 Å². The Morgan fingerprint density at radius 2 is 1.81 bits per heavy atom. The summed E-state index contributed by atoms with van der Waals surface area (Å²) in [6, 6.07) is 20.7. The molecule has 0 bridgehead atoms. The first-order valence-corrected chi connectivity index (χ1v) is 12.0. The summed E-state index contributed by atoms with van der Waals surface area (Å²) < 4.78 is 11.3. The highest BCUT2D eigenvalue weighted by molar-refractivity contribution is 6.00. The zero-order chi connectivity index (χ0) is 25.2. The summed E-state index contributed by atoms with van der Waals surface area (Å²) in [5.41, 5.74) is 5.18. The second kappa shape index (κ2) is 9.87. The van der Waals surface area contributed by atoms with Crippen molar-refractivity contribution in [3.05, 3.63) is 94.7 Å². The summed E-state index contributed by atoms with van der Waals surface area (Å²) in [6.07, 6.45) is 0.695. The number of carbonyl (C=O) groups is 1. The van der Waals surface area contributed by atoms with Gasteiger partial charge in [0.05, 0.1) is 6.04 Å². The average Bonchev–Trinajstić information content (AvgIpc) is 3.38. The van der Waals surface area contributed by atoms with Gasteiger partial charge in [-0.1, -0.05) is 36.4 Å². The number of phenols is 1. The number of aryl methyl sites for hydroxylation is 2. The van der Waals surface area contributed by atoms with E-state index >= 15 is 0 Å². The molecule has 0 aliphatic carbocycles. The molecule has 0 saturated carbocycles. The number of nitrogens with one attached hydrogen (secondary N) is 1.